The Balaban J connectivity index is 1.58. The summed E-state index contributed by atoms with van der Waals surface area (Å²) < 4.78 is 10.8. The van der Waals surface area contributed by atoms with E-state index in [2.05, 4.69) is 20.6 Å². The van der Waals surface area contributed by atoms with Gasteiger partial charge in [0.05, 0.1) is 26.4 Å². The van der Waals surface area contributed by atoms with Crippen molar-refractivity contribution < 1.29 is 19.4 Å². The SMILES string of the molecule is COc1cc(Nc2ncccc2/C=C/C(=O)c2cccnc2Nc2ccccc2)cc(CO)c1OC. The van der Waals surface area contributed by atoms with E-state index in [9.17, 15) is 9.90 Å². The fourth-order valence-corrected chi connectivity index (χ4v) is 3.64. The number of carbonyl (C=O) groups excluding carboxylic acids is 1. The largest absolute Gasteiger partial charge is 0.493 e. The van der Waals surface area contributed by atoms with Gasteiger partial charge < -0.3 is 25.2 Å². The zero-order chi connectivity index (χ0) is 25.3. The average molecular weight is 483 g/mol. The average Bonchev–Trinajstić information content (AvgIpc) is 2.92. The van der Waals surface area contributed by atoms with Crippen LogP contribution in [0, 0.1) is 0 Å². The third kappa shape index (κ3) is 5.68. The first-order valence-electron chi connectivity index (χ1n) is 11.2. The lowest BCUT2D eigenvalue weighted by Gasteiger charge is -2.15. The molecule has 182 valence electrons. The Bertz CT molecular complexity index is 1350. The predicted molar refractivity (Wildman–Crippen MR) is 140 cm³/mol. The van der Waals surface area contributed by atoms with Gasteiger partial charge in [-0.05, 0) is 54.6 Å². The third-order valence-electron chi connectivity index (χ3n) is 5.35. The second-order valence-corrected chi connectivity index (χ2v) is 7.68. The lowest BCUT2D eigenvalue weighted by Crippen LogP contribution is -2.03. The molecule has 0 atom stereocenters. The van der Waals surface area contributed by atoms with Crippen molar-refractivity contribution in [3.8, 4) is 11.5 Å². The van der Waals surface area contributed by atoms with Crippen LogP contribution in [0.1, 0.15) is 21.5 Å². The van der Waals surface area contributed by atoms with Gasteiger partial charge in [-0.15, -0.1) is 0 Å². The lowest BCUT2D eigenvalue weighted by molar-refractivity contribution is 0.104. The van der Waals surface area contributed by atoms with Gasteiger partial charge >= 0.3 is 0 Å². The summed E-state index contributed by atoms with van der Waals surface area (Å²) in [5, 5.41) is 16.2. The van der Waals surface area contributed by atoms with Crippen LogP contribution in [0.5, 0.6) is 11.5 Å². The molecular formula is C28H26N4O4. The molecule has 2 heterocycles. The summed E-state index contributed by atoms with van der Waals surface area (Å²) in [5.74, 6) is 1.75. The van der Waals surface area contributed by atoms with E-state index in [0.717, 1.165) is 5.69 Å². The minimum absolute atomic E-state index is 0.204. The van der Waals surface area contributed by atoms with E-state index in [1.807, 2.05) is 36.4 Å². The van der Waals surface area contributed by atoms with E-state index in [1.165, 1.54) is 20.3 Å². The Morgan fingerprint density at radius 2 is 1.61 bits per heavy atom. The number of hydrogen-bond acceptors (Lipinski definition) is 8. The van der Waals surface area contributed by atoms with Crippen molar-refractivity contribution in [3.05, 3.63) is 102 Å². The van der Waals surface area contributed by atoms with Crippen LogP contribution in [-0.2, 0) is 6.61 Å². The number of nitrogens with one attached hydrogen (secondary N) is 2. The number of ether oxygens (including phenoxy) is 2. The molecule has 2 aromatic carbocycles. The number of carbonyl (C=O) groups is 1. The van der Waals surface area contributed by atoms with Gasteiger partial charge in [-0.1, -0.05) is 18.2 Å². The van der Waals surface area contributed by atoms with Crippen LogP contribution in [0.25, 0.3) is 6.08 Å². The quantitative estimate of drug-likeness (QED) is 0.205. The number of aromatic nitrogens is 2. The second kappa shape index (κ2) is 11.6. The first kappa shape index (κ1) is 24.4. The number of hydrogen-bond donors (Lipinski definition) is 3. The van der Waals surface area contributed by atoms with Crippen LogP contribution < -0.4 is 20.1 Å². The molecule has 4 rings (SSSR count). The minimum Gasteiger partial charge on any atom is -0.493 e. The zero-order valence-corrected chi connectivity index (χ0v) is 19.9. The molecule has 3 N–H and O–H groups in total. The maximum absolute atomic E-state index is 13.1. The molecule has 0 spiro atoms. The second-order valence-electron chi connectivity index (χ2n) is 7.68. The highest BCUT2D eigenvalue weighted by molar-refractivity contribution is 6.10. The highest BCUT2D eigenvalue weighted by Crippen LogP contribution is 2.36. The fraction of sp³-hybridized carbons (Fsp3) is 0.107. The van der Waals surface area contributed by atoms with Gasteiger partial charge in [0.25, 0.3) is 0 Å². The third-order valence-corrected chi connectivity index (χ3v) is 5.35. The standard InChI is InChI=1S/C28H26N4O4/c1-35-25-17-22(16-20(18-33)26(25)36-2)32-27-19(8-6-14-29-27)12-13-24(34)23-11-7-15-30-28(23)31-21-9-4-3-5-10-21/h3-17,33H,18H2,1-2H3,(H,29,32)(H,30,31)/b13-12+. The van der Waals surface area contributed by atoms with Crippen molar-refractivity contribution in [3.63, 3.8) is 0 Å². The first-order valence-corrected chi connectivity index (χ1v) is 11.2. The number of para-hydroxylation sites is 1. The number of allylic oxidation sites excluding steroid dienone is 1. The highest BCUT2D eigenvalue weighted by atomic mass is 16.5. The fourth-order valence-electron chi connectivity index (χ4n) is 3.64. The lowest BCUT2D eigenvalue weighted by atomic mass is 10.1. The molecule has 0 unspecified atom stereocenters. The Hall–Kier alpha value is -4.69. The number of aliphatic hydroxyl groups excluding tert-OH is 1. The normalized spacial score (nSPS) is 10.8. The molecule has 0 fully saturated rings. The maximum Gasteiger partial charge on any atom is 0.189 e. The number of ketones is 1. The molecule has 36 heavy (non-hydrogen) atoms. The van der Waals surface area contributed by atoms with Gasteiger partial charge in [-0.3, -0.25) is 4.79 Å². The topological polar surface area (TPSA) is 106 Å². The highest BCUT2D eigenvalue weighted by Gasteiger charge is 2.14. The molecular weight excluding hydrogens is 456 g/mol. The molecule has 0 amide bonds. The summed E-state index contributed by atoms with van der Waals surface area (Å²) >= 11 is 0. The van der Waals surface area contributed by atoms with E-state index in [1.54, 1.807) is 48.8 Å². The van der Waals surface area contributed by atoms with Crippen molar-refractivity contribution in [1.82, 2.24) is 9.97 Å². The smallest absolute Gasteiger partial charge is 0.189 e. The number of rotatable bonds is 10. The van der Waals surface area contributed by atoms with Crippen molar-refractivity contribution in [2.45, 2.75) is 6.61 Å². The van der Waals surface area contributed by atoms with Crippen LogP contribution in [0.3, 0.4) is 0 Å². The molecule has 0 bridgehead atoms. The molecule has 8 heteroatoms. The molecule has 4 aromatic rings. The Labute approximate surface area is 209 Å². The van der Waals surface area contributed by atoms with Crippen molar-refractivity contribution in [1.29, 1.82) is 0 Å². The summed E-state index contributed by atoms with van der Waals surface area (Å²) in [6.07, 6.45) is 6.48. The predicted octanol–water partition coefficient (Wildman–Crippen LogP) is 5.37. The van der Waals surface area contributed by atoms with Gasteiger partial charge in [0.15, 0.2) is 17.3 Å². The number of methoxy groups -OCH3 is 2. The van der Waals surface area contributed by atoms with Crippen molar-refractivity contribution >= 4 is 34.9 Å². The molecule has 0 aliphatic rings. The molecule has 0 saturated heterocycles. The molecule has 0 radical (unpaired) electrons. The van der Waals surface area contributed by atoms with Crippen LogP contribution >= 0.6 is 0 Å². The summed E-state index contributed by atoms with van der Waals surface area (Å²) in [6.45, 7) is -0.219. The van der Waals surface area contributed by atoms with Crippen molar-refractivity contribution in [2.24, 2.45) is 0 Å². The Morgan fingerprint density at radius 3 is 2.33 bits per heavy atom. The van der Waals surface area contributed by atoms with E-state index in [4.69, 9.17) is 9.47 Å². The molecule has 0 aliphatic carbocycles. The van der Waals surface area contributed by atoms with Gasteiger partial charge in [0, 0.05) is 41.0 Å². The van der Waals surface area contributed by atoms with Crippen molar-refractivity contribution in [2.75, 3.05) is 24.9 Å². The summed E-state index contributed by atoms with van der Waals surface area (Å²) in [6, 6.07) is 20.1. The van der Waals surface area contributed by atoms with Gasteiger partial charge in [-0.2, -0.15) is 0 Å². The van der Waals surface area contributed by atoms with Gasteiger partial charge in [0.1, 0.15) is 11.6 Å². The number of nitrogens with zero attached hydrogens (tertiary/aromatic N) is 2. The zero-order valence-electron chi connectivity index (χ0n) is 19.9. The van der Waals surface area contributed by atoms with Crippen LogP contribution in [-0.4, -0.2) is 35.1 Å². The molecule has 2 aromatic heterocycles. The van der Waals surface area contributed by atoms with Gasteiger partial charge in [0.2, 0.25) is 0 Å². The monoisotopic (exact) mass is 482 g/mol. The van der Waals surface area contributed by atoms with E-state index < -0.39 is 0 Å². The van der Waals surface area contributed by atoms with Gasteiger partial charge in [-0.25, -0.2) is 9.97 Å². The maximum atomic E-state index is 13.1. The number of pyridine rings is 2. The summed E-state index contributed by atoms with van der Waals surface area (Å²) in [7, 11) is 3.05. The van der Waals surface area contributed by atoms with E-state index in [0.29, 0.717) is 45.5 Å². The van der Waals surface area contributed by atoms with E-state index in [-0.39, 0.29) is 12.4 Å². The summed E-state index contributed by atoms with van der Waals surface area (Å²) in [5.41, 5.74) is 3.21. The minimum atomic E-state index is -0.219. The Kier molecular flexibility index (Phi) is 7.90. The molecule has 8 nitrogen and oxygen atoms in total. The molecule has 0 saturated carbocycles. The summed E-state index contributed by atoms with van der Waals surface area (Å²) in [4.78, 5) is 21.8. The molecule has 0 aliphatic heterocycles. The van der Waals surface area contributed by atoms with E-state index >= 15 is 0 Å². The number of aliphatic hydroxyl groups is 1. The van der Waals surface area contributed by atoms with Crippen LogP contribution in [0.2, 0.25) is 0 Å². The number of benzene rings is 2. The van der Waals surface area contributed by atoms with Crippen LogP contribution in [0.4, 0.5) is 23.0 Å². The number of anilines is 4. The Morgan fingerprint density at radius 1 is 0.889 bits per heavy atom. The first-order chi connectivity index (χ1) is 17.6. The van der Waals surface area contributed by atoms with Crippen LogP contribution in [0.15, 0.2) is 85.2 Å².